The molecule has 2 aromatic heterocycles. The molecule has 3 aromatic rings. The van der Waals surface area contributed by atoms with Crippen LogP contribution >= 0.6 is 0 Å². The summed E-state index contributed by atoms with van der Waals surface area (Å²) in [6, 6.07) is 16.0. The van der Waals surface area contributed by atoms with E-state index in [1.54, 1.807) is 15.5 Å². The lowest BCUT2D eigenvalue weighted by atomic mass is 9.90. The van der Waals surface area contributed by atoms with Crippen molar-refractivity contribution in [2.75, 3.05) is 19.7 Å². The first-order chi connectivity index (χ1) is 13.7. The van der Waals surface area contributed by atoms with Crippen molar-refractivity contribution in [2.45, 2.75) is 19.3 Å². The SMILES string of the molecule is O=C(OCC(=O)N1CCC(Cc2ccccc2)CC1)c1cn2ccccc2n1. The number of piperidine rings is 1. The second-order valence-electron chi connectivity index (χ2n) is 7.18. The Morgan fingerprint density at radius 1 is 1.04 bits per heavy atom. The van der Waals surface area contributed by atoms with Gasteiger partial charge in [-0.1, -0.05) is 36.4 Å². The van der Waals surface area contributed by atoms with Gasteiger partial charge in [-0.25, -0.2) is 9.78 Å². The molecule has 28 heavy (non-hydrogen) atoms. The van der Waals surface area contributed by atoms with E-state index in [-0.39, 0.29) is 18.2 Å². The first-order valence-electron chi connectivity index (χ1n) is 9.61. The van der Waals surface area contributed by atoms with E-state index >= 15 is 0 Å². The van der Waals surface area contributed by atoms with E-state index in [0.29, 0.717) is 24.7 Å². The predicted molar refractivity (Wildman–Crippen MR) is 105 cm³/mol. The second kappa shape index (κ2) is 8.25. The molecule has 1 aromatic carbocycles. The molecule has 1 aliphatic rings. The van der Waals surface area contributed by atoms with Crippen LogP contribution in [0.4, 0.5) is 0 Å². The van der Waals surface area contributed by atoms with E-state index in [9.17, 15) is 9.59 Å². The molecule has 0 saturated carbocycles. The molecule has 1 amide bonds. The van der Waals surface area contributed by atoms with Crippen molar-refractivity contribution in [3.8, 4) is 0 Å². The average Bonchev–Trinajstić information content (AvgIpc) is 3.17. The highest BCUT2D eigenvalue weighted by atomic mass is 16.5. The number of carbonyl (C=O) groups excluding carboxylic acids is 2. The normalized spacial score (nSPS) is 14.9. The summed E-state index contributed by atoms with van der Waals surface area (Å²) in [6.45, 7) is 1.18. The maximum atomic E-state index is 12.4. The van der Waals surface area contributed by atoms with Crippen LogP contribution in [-0.2, 0) is 16.0 Å². The Balaban J connectivity index is 1.25. The van der Waals surface area contributed by atoms with Crippen LogP contribution in [0.2, 0.25) is 0 Å². The number of ether oxygens (including phenoxy) is 1. The summed E-state index contributed by atoms with van der Waals surface area (Å²) in [5, 5.41) is 0. The fourth-order valence-electron chi connectivity index (χ4n) is 3.66. The van der Waals surface area contributed by atoms with E-state index in [2.05, 4.69) is 29.2 Å². The monoisotopic (exact) mass is 377 g/mol. The maximum Gasteiger partial charge on any atom is 0.359 e. The van der Waals surface area contributed by atoms with E-state index in [0.717, 1.165) is 19.3 Å². The minimum atomic E-state index is -0.573. The largest absolute Gasteiger partial charge is 0.451 e. The predicted octanol–water partition coefficient (Wildman–Crippen LogP) is 2.97. The molecule has 4 rings (SSSR count). The highest BCUT2D eigenvalue weighted by Gasteiger charge is 2.24. The number of esters is 1. The van der Waals surface area contributed by atoms with Crippen LogP contribution in [0.3, 0.4) is 0 Å². The third kappa shape index (κ3) is 4.22. The number of likely N-dealkylation sites (tertiary alicyclic amines) is 1. The maximum absolute atomic E-state index is 12.4. The molecule has 0 N–H and O–H groups in total. The van der Waals surface area contributed by atoms with Gasteiger partial charge in [0.2, 0.25) is 0 Å². The number of imidazole rings is 1. The number of hydrogen-bond donors (Lipinski definition) is 0. The van der Waals surface area contributed by atoms with Crippen molar-refractivity contribution in [2.24, 2.45) is 5.92 Å². The standard InChI is InChI=1S/C22H23N3O3/c26-21(16-28-22(27)19-15-25-11-5-4-8-20(25)23-19)24-12-9-18(10-13-24)14-17-6-2-1-3-7-17/h1-8,11,15,18H,9-10,12-14,16H2. The fourth-order valence-corrected chi connectivity index (χ4v) is 3.66. The Hall–Kier alpha value is -3.15. The van der Waals surface area contributed by atoms with Crippen molar-refractivity contribution in [1.82, 2.24) is 14.3 Å². The zero-order valence-corrected chi connectivity index (χ0v) is 15.7. The summed E-state index contributed by atoms with van der Waals surface area (Å²) in [5.41, 5.74) is 2.22. The molecule has 3 heterocycles. The van der Waals surface area contributed by atoms with Crippen molar-refractivity contribution < 1.29 is 14.3 Å². The van der Waals surface area contributed by atoms with E-state index in [1.807, 2.05) is 30.5 Å². The van der Waals surface area contributed by atoms with E-state index in [4.69, 9.17) is 4.74 Å². The van der Waals surface area contributed by atoms with E-state index < -0.39 is 5.97 Å². The number of aromatic nitrogens is 2. The van der Waals surface area contributed by atoms with E-state index in [1.165, 1.54) is 5.56 Å². The number of nitrogens with zero attached hydrogens (tertiary/aromatic N) is 3. The molecule has 144 valence electrons. The average molecular weight is 377 g/mol. The zero-order valence-electron chi connectivity index (χ0n) is 15.7. The zero-order chi connectivity index (χ0) is 19.3. The number of carbonyl (C=O) groups is 2. The molecular weight excluding hydrogens is 354 g/mol. The van der Waals surface area contributed by atoms with Gasteiger partial charge in [-0.15, -0.1) is 0 Å². The summed E-state index contributed by atoms with van der Waals surface area (Å²) in [4.78, 5) is 30.6. The van der Waals surface area contributed by atoms with Crippen LogP contribution < -0.4 is 0 Å². The van der Waals surface area contributed by atoms with Crippen molar-refractivity contribution in [3.63, 3.8) is 0 Å². The van der Waals surface area contributed by atoms with Gasteiger partial charge < -0.3 is 14.0 Å². The number of fused-ring (bicyclic) bond motifs is 1. The topological polar surface area (TPSA) is 63.9 Å². The number of pyridine rings is 1. The molecule has 6 heteroatoms. The van der Waals surface area contributed by atoms with Gasteiger partial charge in [0.15, 0.2) is 12.3 Å². The molecule has 1 fully saturated rings. The first kappa shape index (κ1) is 18.2. The number of rotatable bonds is 5. The lowest BCUT2D eigenvalue weighted by molar-refractivity contribution is -0.135. The second-order valence-corrected chi connectivity index (χ2v) is 7.18. The Labute approximate surface area is 163 Å². The highest BCUT2D eigenvalue weighted by Crippen LogP contribution is 2.21. The van der Waals surface area contributed by atoms with Gasteiger partial charge in [-0.3, -0.25) is 4.79 Å². The number of amides is 1. The van der Waals surface area contributed by atoms with Gasteiger partial charge in [0, 0.05) is 25.5 Å². The van der Waals surface area contributed by atoms with Gasteiger partial charge in [0.25, 0.3) is 5.91 Å². The molecule has 1 aliphatic heterocycles. The number of hydrogen-bond acceptors (Lipinski definition) is 4. The number of benzene rings is 1. The third-order valence-corrected chi connectivity index (χ3v) is 5.23. The Morgan fingerprint density at radius 2 is 1.79 bits per heavy atom. The van der Waals surface area contributed by atoms with Gasteiger partial charge in [-0.05, 0) is 42.9 Å². The molecule has 0 unspecified atom stereocenters. The third-order valence-electron chi connectivity index (χ3n) is 5.23. The Kier molecular flexibility index (Phi) is 5.37. The van der Waals surface area contributed by atoms with Gasteiger partial charge >= 0.3 is 5.97 Å². The minimum absolute atomic E-state index is 0.143. The van der Waals surface area contributed by atoms with Gasteiger partial charge in [-0.2, -0.15) is 0 Å². The van der Waals surface area contributed by atoms with Crippen molar-refractivity contribution in [3.05, 3.63) is 72.2 Å². The first-order valence-corrected chi connectivity index (χ1v) is 9.61. The van der Waals surface area contributed by atoms with Crippen LogP contribution in [0.5, 0.6) is 0 Å². The summed E-state index contributed by atoms with van der Waals surface area (Å²) in [6.07, 6.45) is 6.41. The summed E-state index contributed by atoms with van der Waals surface area (Å²) in [5.74, 6) is -0.127. The summed E-state index contributed by atoms with van der Waals surface area (Å²) < 4.78 is 6.94. The lowest BCUT2D eigenvalue weighted by Gasteiger charge is -2.32. The Bertz CT molecular complexity index is 926. The molecule has 0 atom stereocenters. The van der Waals surface area contributed by atoms with Crippen LogP contribution in [-0.4, -0.2) is 45.9 Å². The summed E-state index contributed by atoms with van der Waals surface area (Å²) >= 11 is 0. The molecular formula is C22H23N3O3. The van der Waals surface area contributed by atoms with Crippen LogP contribution in [0.25, 0.3) is 5.65 Å². The fraction of sp³-hybridized carbons (Fsp3) is 0.318. The van der Waals surface area contributed by atoms with Crippen molar-refractivity contribution >= 4 is 17.5 Å². The highest BCUT2D eigenvalue weighted by molar-refractivity contribution is 5.90. The minimum Gasteiger partial charge on any atom is -0.451 e. The molecule has 0 spiro atoms. The molecule has 0 aliphatic carbocycles. The molecule has 0 radical (unpaired) electrons. The van der Waals surface area contributed by atoms with Crippen LogP contribution in [0.1, 0.15) is 28.9 Å². The molecule has 0 bridgehead atoms. The lowest BCUT2D eigenvalue weighted by Crippen LogP contribution is -2.41. The summed E-state index contributed by atoms with van der Waals surface area (Å²) in [7, 11) is 0. The Morgan fingerprint density at radius 3 is 2.54 bits per heavy atom. The smallest absolute Gasteiger partial charge is 0.359 e. The van der Waals surface area contributed by atoms with Gasteiger partial charge in [0.1, 0.15) is 5.65 Å². The molecule has 1 saturated heterocycles. The van der Waals surface area contributed by atoms with Crippen LogP contribution in [0, 0.1) is 5.92 Å². The van der Waals surface area contributed by atoms with Gasteiger partial charge in [0.05, 0.1) is 0 Å². The molecule has 6 nitrogen and oxygen atoms in total. The van der Waals surface area contributed by atoms with Crippen molar-refractivity contribution in [1.29, 1.82) is 0 Å². The quantitative estimate of drug-likeness (QED) is 0.641. The van der Waals surface area contributed by atoms with Crippen LogP contribution in [0.15, 0.2) is 60.9 Å².